The summed E-state index contributed by atoms with van der Waals surface area (Å²) in [4.78, 5) is 12.9. The monoisotopic (exact) mass is 584 g/mol. The first-order valence-corrected chi connectivity index (χ1v) is 27.7. The molecule has 0 spiro atoms. The summed E-state index contributed by atoms with van der Waals surface area (Å²) in [5.74, 6) is -0.756. The molecule has 0 aromatic rings. The lowest BCUT2D eigenvalue weighted by molar-refractivity contribution is -0.132. The molecule has 214 valence electrons. The van der Waals surface area contributed by atoms with Crippen molar-refractivity contribution in [2.45, 2.75) is 161 Å². The van der Waals surface area contributed by atoms with Crippen LogP contribution < -0.4 is 0 Å². The van der Waals surface area contributed by atoms with E-state index in [9.17, 15) is 9.90 Å². The quantitative estimate of drug-likeness (QED) is 0.243. The lowest BCUT2D eigenvalue weighted by Gasteiger charge is -2.67. The van der Waals surface area contributed by atoms with Crippen molar-refractivity contribution in [2.75, 3.05) is 0 Å². The highest BCUT2D eigenvalue weighted by Gasteiger charge is 2.79. The van der Waals surface area contributed by atoms with Crippen LogP contribution in [0.25, 0.3) is 0 Å². The van der Waals surface area contributed by atoms with Crippen molar-refractivity contribution < 1.29 is 23.2 Å². The van der Waals surface area contributed by atoms with E-state index in [0.717, 1.165) is 69.5 Å². The molecular weight excluding hydrogens is 529 g/mol. The number of carboxylic acids is 1. The Bertz CT molecular complexity index is 833. The molecule has 3 atom stereocenters. The number of carbonyl (C=O) groups is 1. The number of allylic oxidation sites excluding steroid dienone is 1. The van der Waals surface area contributed by atoms with Crippen LogP contribution in [0.5, 0.6) is 0 Å². The van der Waals surface area contributed by atoms with Crippen molar-refractivity contribution in [3.63, 3.8) is 0 Å². The third-order valence-electron chi connectivity index (χ3n) is 9.91. The lowest BCUT2D eigenvalue weighted by Crippen LogP contribution is -2.92. The van der Waals surface area contributed by atoms with E-state index in [1.54, 1.807) is 0 Å². The zero-order valence-electron chi connectivity index (χ0n) is 25.9. The molecule has 37 heavy (non-hydrogen) atoms. The summed E-state index contributed by atoms with van der Waals surface area (Å²) in [6.07, 6.45) is 8.49. The summed E-state index contributed by atoms with van der Waals surface area (Å²) >= 11 is 0. The van der Waals surface area contributed by atoms with Gasteiger partial charge in [-0.15, -0.1) is 0 Å². The minimum absolute atomic E-state index is 0.185. The molecule has 9 heteroatoms. The van der Waals surface area contributed by atoms with Crippen LogP contribution >= 0.6 is 0 Å². The van der Waals surface area contributed by atoms with Gasteiger partial charge in [-0.25, -0.2) is 4.79 Å². The first-order chi connectivity index (χ1) is 16.8. The Labute approximate surface area is 230 Å². The van der Waals surface area contributed by atoms with E-state index in [1.165, 1.54) is 5.20 Å². The van der Waals surface area contributed by atoms with Gasteiger partial charge in [-0.05, 0) is 112 Å². The van der Waals surface area contributed by atoms with Crippen LogP contribution in [0, 0.1) is 0 Å². The molecule has 3 unspecified atom stereocenters. The summed E-state index contributed by atoms with van der Waals surface area (Å²) in [5.41, 5.74) is 0.0391. The normalized spacial score (nSPS) is 37.8. The molecule has 3 aliphatic heterocycles. The maximum atomic E-state index is 12.9. The number of hydrogen-bond acceptors (Lipinski definition) is 4. The molecule has 0 saturated carbocycles. The molecule has 0 radical (unpaired) electrons. The highest BCUT2D eigenvalue weighted by molar-refractivity contribution is 7.89. The number of aliphatic carboxylic acids is 1. The van der Waals surface area contributed by atoms with Crippen molar-refractivity contribution in [3.05, 3.63) is 10.8 Å². The Hall–Kier alpha value is -0.0425. The zero-order chi connectivity index (χ0) is 28.1. The fourth-order valence-electron chi connectivity index (χ4n) is 9.15. The molecule has 3 aliphatic rings. The van der Waals surface area contributed by atoms with Gasteiger partial charge in [-0.3, -0.25) is 0 Å². The highest BCUT2D eigenvalue weighted by Crippen LogP contribution is 2.57. The fourth-order valence-corrected chi connectivity index (χ4v) is 91.3. The summed E-state index contributed by atoms with van der Waals surface area (Å²) in [6, 6.07) is 3.34. The summed E-state index contributed by atoms with van der Waals surface area (Å²) < 4.78 is 22.6. The Morgan fingerprint density at radius 2 is 1.08 bits per heavy atom. The molecule has 3 saturated heterocycles. The Kier molecular flexibility index (Phi) is 8.86. The first-order valence-electron chi connectivity index (χ1n) is 14.8. The number of hydrogen-bond donors (Lipinski definition) is 1. The zero-order valence-corrected chi connectivity index (χ0v) is 29.9. The molecule has 0 amide bonds. The van der Waals surface area contributed by atoms with Crippen LogP contribution in [0.3, 0.4) is 0 Å². The average molecular weight is 585 g/mol. The van der Waals surface area contributed by atoms with Crippen molar-refractivity contribution in [3.8, 4) is 0 Å². The fraction of sp³-hybridized carbons (Fsp3) is 0.893. The molecule has 5 nitrogen and oxygen atoms in total. The topological polar surface area (TPSA) is 65.0 Å². The number of rotatable bonds is 7. The molecule has 0 bridgehead atoms. The maximum Gasteiger partial charge on any atom is 0.330 e. The van der Waals surface area contributed by atoms with Gasteiger partial charge in [0.2, 0.25) is 0 Å². The van der Waals surface area contributed by atoms with Crippen molar-refractivity contribution in [1.82, 2.24) is 0 Å². The third kappa shape index (κ3) is 5.61. The predicted octanol–water partition coefficient (Wildman–Crippen LogP) is 7.90. The molecule has 3 fully saturated rings. The molecule has 0 aliphatic carbocycles. The number of carboxylic acid groups (broad SMARTS) is 1. The van der Waals surface area contributed by atoms with Crippen LogP contribution in [-0.4, -0.2) is 58.0 Å². The summed E-state index contributed by atoms with van der Waals surface area (Å²) in [7, 11) is -7.54. The minimum Gasteiger partial charge on any atom is -0.478 e. The van der Waals surface area contributed by atoms with Crippen molar-refractivity contribution in [1.29, 1.82) is 0 Å². The largest absolute Gasteiger partial charge is 0.478 e. The molecule has 3 heterocycles. The standard InChI is InChI=1S/C28H56O5Si4/c1-12-16-24(23(2)25(29)30)37(34(9)20-13-17-26(3,4)31-34,35(10)21-14-18-27(5,6)32-35)36(11)22-15-19-28(7,8)33-36/h12-22H2,1-11H3,(H,29,30). The first kappa shape index (κ1) is 31.5. The van der Waals surface area contributed by atoms with Crippen LogP contribution in [0.2, 0.25) is 37.8 Å². The van der Waals surface area contributed by atoms with Gasteiger partial charge in [0.25, 0.3) is 0 Å². The van der Waals surface area contributed by atoms with E-state index in [2.05, 4.69) is 68.1 Å². The van der Waals surface area contributed by atoms with E-state index in [-0.39, 0.29) is 16.8 Å². The molecule has 0 aromatic heterocycles. The van der Waals surface area contributed by atoms with Gasteiger partial charge in [-0.2, -0.15) is 0 Å². The van der Waals surface area contributed by atoms with E-state index >= 15 is 0 Å². The van der Waals surface area contributed by atoms with Gasteiger partial charge in [0.1, 0.15) is 0 Å². The maximum absolute atomic E-state index is 12.9. The van der Waals surface area contributed by atoms with Crippen LogP contribution in [0.4, 0.5) is 0 Å². The highest BCUT2D eigenvalue weighted by atomic mass is 29.9. The van der Waals surface area contributed by atoms with E-state index in [4.69, 9.17) is 13.3 Å². The van der Waals surface area contributed by atoms with E-state index in [1.807, 2.05) is 6.92 Å². The molecule has 3 rings (SSSR count). The predicted molar refractivity (Wildman–Crippen MR) is 163 cm³/mol. The second-order valence-electron chi connectivity index (χ2n) is 14.7. The van der Waals surface area contributed by atoms with Crippen LogP contribution in [0.1, 0.15) is 107 Å². The van der Waals surface area contributed by atoms with Gasteiger partial charge in [0, 0.05) is 5.57 Å². The van der Waals surface area contributed by atoms with Crippen LogP contribution in [-0.2, 0) is 18.1 Å². The van der Waals surface area contributed by atoms with Crippen molar-refractivity contribution in [2.24, 2.45) is 0 Å². The lowest BCUT2D eigenvalue weighted by atomic mass is 10.0. The molecule has 0 aromatic carbocycles. The van der Waals surface area contributed by atoms with Crippen molar-refractivity contribution >= 4 is 36.1 Å². The van der Waals surface area contributed by atoms with Gasteiger partial charge < -0.3 is 18.4 Å². The van der Waals surface area contributed by atoms with Gasteiger partial charge >= 0.3 is 5.97 Å². The van der Waals surface area contributed by atoms with E-state index in [0.29, 0.717) is 5.57 Å². The van der Waals surface area contributed by atoms with Gasteiger partial charge in [0.05, 0.1) is 16.8 Å². The third-order valence-corrected chi connectivity index (χ3v) is 71.9. The smallest absolute Gasteiger partial charge is 0.330 e. The second-order valence-corrected chi connectivity index (χ2v) is 47.1. The van der Waals surface area contributed by atoms with Gasteiger partial charge in [-0.1, -0.05) is 37.8 Å². The minimum atomic E-state index is -2.76. The Morgan fingerprint density at radius 1 is 0.757 bits per heavy atom. The SMILES string of the molecule is CCCC(=C(C)C(=O)O)[Si]([Si]1(C)CCCC(C)(C)O1)([Si]1(C)CCCC(C)(C)O1)[Si]1(C)CCCC(C)(C)O1. The van der Waals surface area contributed by atoms with E-state index < -0.39 is 36.1 Å². The summed E-state index contributed by atoms with van der Waals surface area (Å²) in [6.45, 7) is 22.6. The van der Waals surface area contributed by atoms with Gasteiger partial charge in [0.15, 0.2) is 30.1 Å². The molecular formula is C28H56O5Si4. The Balaban J connectivity index is 2.53. The molecule has 1 N–H and O–H groups in total. The average Bonchev–Trinajstić information content (AvgIpc) is 2.69. The summed E-state index contributed by atoms with van der Waals surface area (Å²) in [5, 5.41) is 11.9. The second kappa shape index (κ2) is 10.4. The van der Waals surface area contributed by atoms with Crippen LogP contribution in [0.15, 0.2) is 10.8 Å². The Morgan fingerprint density at radius 3 is 1.32 bits per heavy atom.